The quantitative estimate of drug-likeness (QED) is 0.807. The number of hydrogen-bond donors (Lipinski definition) is 2. The number of rotatable bonds is 2. The minimum absolute atomic E-state index is 0.144. The van der Waals surface area contributed by atoms with Gasteiger partial charge in [0.2, 0.25) is 0 Å². The van der Waals surface area contributed by atoms with Crippen LogP contribution in [0.25, 0.3) is 0 Å². The van der Waals surface area contributed by atoms with Gasteiger partial charge in [-0.25, -0.2) is 4.98 Å². The van der Waals surface area contributed by atoms with Gasteiger partial charge in [0.1, 0.15) is 11.0 Å². The maximum Gasteiger partial charge on any atom is 0.322 e. The van der Waals surface area contributed by atoms with Gasteiger partial charge in [-0.1, -0.05) is 0 Å². The first-order chi connectivity index (χ1) is 8.31. The highest BCUT2D eigenvalue weighted by atomic mass is 79.9. The summed E-state index contributed by atoms with van der Waals surface area (Å²) in [5, 5.41) is 9.60. The molecule has 0 aliphatic carbocycles. The van der Waals surface area contributed by atoms with Gasteiger partial charge in [-0.2, -0.15) is 17.4 Å². The van der Waals surface area contributed by atoms with Crippen LogP contribution in [0.1, 0.15) is 17.5 Å². The van der Waals surface area contributed by atoms with E-state index >= 15 is 0 Å². The zero-order chi connectivity index (χ0) is 13.5. The molecule has 1 aliphatic rings. The van der Waals surface area contributed by atoms with Gasteiger partial charge < -0.3 is 5.11 Å². The average Bonchev–Trinajstić information content (AvgIpc) is 2.68. The fourth-order valence-electron chi connectivity index (χ4n) is 1.69. The van der Waals surface area contributed by atoms with Crippen molar-refractivity contribution in [3.63, 3.8) is 0 Å². The van der Waals surface area contributed by atoms with Crippen LogP contribution in [0.5, 0.6) is 0 Å². The number of carboxylic acids is 1. The van der Waals surface area contributed by atoms with Crippen LogP contribution < -0.4 is 4.72 Å². The van der Waals surface area contributed by atoms with Crippen LogP contribution >= 0.6 is 27.3 Å². The van der Waals surface area contributed by atoms with Crippen molar-refractivity contribution in [3.05, 3.63) is 15.0 Å². The van der Waals surface area contributed by atoms with Gasteiger partial charge in [-0.05, 0) is 22.4 Å². The van der Waals surface area contributed by atoms with Crippen LogP contribution in [0.3, 0.4) is 0 Å². The molecule has 0 amide bonds. The van der Waals surface area contributed by atoms with E-state index in [2.05, 4.69) is 25.6 Å². The van der Waals surface area contributed by atoms with Crippen molar-refractivity contribution in [2.45, 2.75) is 18.5 Å². The Balaban J connectivity index is 2.33. The third-order valence-corrected chi connectivity index (χ3v) is 5.83. The third-order valence-electron chi connectivity index (χ3n) is 2.65. The normalized spacial score (nSPS) is 28.1. The molecule has 2 rings (SSSR count). The lowest BCUT2D eigenvalue weighted by Crippen LogP contribution is -2.54. The molecule has 2 N–H and O–H groups in total. The number of hydrogen-bond acceptors (Lipinski definition) is 5. The smallest absolute Gasteiger partial charge is 0.322 e. The molecule has 0 saturated carbocycles. The molecule has 0 radical (unpaired) electrons. The summed E-state index contributed by atoms with van der Waals surface area (Å²) >= 11 is 4.51. The molecule has 1 aliphatic heterocycles. The number of carbonyl (C=O) groups is 1. The summed E-state index contributed by atoms with van der Waals surface area (Å²) in [5.74, 6) is -1.16. The van der Waals surface area contributed by atoms with Gasteiger partial charge in [-0.15, -0.1) is 11.3 Å². The van der Waals surface area contributed by atoms with Gasteiger partial charge in [0.15, 0.2) is 0 Å². The molecule has 1 aromatic heterocycles. The van der Waals surface area contributed by atoms with E-state index in [1.54, 1.807) is 6.20 Å². The number of halogens is 1. The third kappa shape index (κ3) is 2.57. The van der Waals surface area contributed by atoms with Crippen LogP contribution in [-0.4, -0.2) is 41.9 Å². The van der Waals surface area contributed by atoms with Crippen molar-refractivity contribution in [2.75, 3.05) is 7.05 Å². The molecule has 7 nitrogen and oxygen atoms in total. The van der Waals surface area contributed by atoms with Crippen molar-refractivity contribution >= 4 is 43.4 Å². The van der Waals surface area contributed by atoms with Gasteiger partial charge in [0, 0.05) is 7.05 Å². The van der Waals surface area contributed by atoms with Gasteiger partial charge in [0.25, 0.3) is 10.2 Å². The highest BCUT2D eigenvalue weighted by Crippen LogP contribution is 2.31. The summed E-state index contributed by atoms with van der Waals surface area (Å²) in [5.41, 5.74) is 0. The van der Waals surface area contributed by atoms with Crippen molar-refractivity contribution in [2.24, 2.45) is 0 Å². The molecule has 0 bridgehead atoms. The first kappa shape index (κ1) is 13.9. The van der Waals surface area contributed by atoms with Crippen LogP contribution in [0.2, 0.25) is 0 Å². The number of carboxylic acid groups (broad SMARTS) is 1. The lowest BCUT2D eigenvalue weighted by Gasteiger charge is -2.33. The van der Waals surface area contributed by atoms with E-state index in [9.17, 15) is 13.2 Å². The van der Waals surface area contributed by atoms with Crippen LogP contribution in [0, 0.1) is 0 Å². The molecular weight excluding hydrogens is 346 g/mol. The summed E-state index contributed by atoms with van der Waals surface area (Å²) < 4.78 is 27.6. The monoisotopic (exact) mass is 355 g/mol. The largest absolute Gasteiger partial charge is 0.480 e. The molecule has 2 heterocycles. The first-order valence-corrected chi connectivity index (χ1v) is 7.95. The zero-order valence-corrected chi connectivity index (χ0v) is 12.4. The van der Waals surface area contributed by atoms with E-state index in [0.29, 0.717) is 5.01 Å². The summed E-state index contributed by atoms with van der Waals surface area (Å²) in [4.78, 5) is 15.1. The molecule has 18 heavy (non-hydrogen) atoms. The van der Waals surface area contributed by atoms with Crippen molar-refractivity contribution < 1.29 is 18.3 Å². The average molecular weight is 356 g/mol. The summed E-state index contributed by atoms with van der Waals surface area (Å²) in [7, 11) is -2.54. The predicted octanol–water partition coefficient (Wildman–Crippen LogP) is 0.570. The number of aromatic nitrogens is 1. The number of likely N-dealkylation sites (N-methyl/N-ethyl adjacent to an activating group) is 1. The second-order valence-electron chi connectivity index (χ2n) is 3.78. The molecule has 0 spiro atoms. The topological polar surface area (TPSA) is 99.6 Å². The minimum atomic E-state index is -3.79. The van der Waals surface area contributed by atoms with Crippen LogP contribution in [-0.2, 0) is 15.0 Å². The Morgan fingerprint density at radius 3 is 2.89 bits per heavy atom. The molecule has 2 atom stereocenters. The zero-order valence-electron chi connectivity index (χ0n) is 9.20. The summed E-state index contributed by atoms with van der Waals surface area (Å²) in [6, 6.07) is -1.69. The Morgan fingerprint density at radius 2 is 2.39 bits per heavy atom. The Morgan fingerprint density at radius 1 is 1.72 bits per heavy atom. The fraction of sp³-hybridized carbons (Fsp3) is 0.500. The molecule has 0 aromatic carbocycles. The van der Waals surface area contributed by atoms with Crippen LogP contribution in [0.4, 0.5) is 0 Å². The number of aliphatic carboxylic acids is 1. The van der Waals surface area contributed by atoms with Crippen molar-refractivity contribution in [1.82, 2.24) is 14.0 Å². The van der Waals surface area contributed by atoms with E-state index < -0.39 is 28.3 Å². The second kappa shape index (κ2) is 4.85. The number of thiazole rings is 1. The molecule has 1 saturated heterocycles. The van der Waals surface area contributed by atoms with Gasteiger partial charge in [-0.3, -0.25) is 4.79 Å². The number of nitrogens with zero attached hydrogens (tertiary/aromatic N) is 2. The first-order valence-electron chi connectivity index (χ1n) is 4.90. The van der Waals surface area contributed by atoms with E-state index in [-0.39, 0.29) is 6.42 Å². The molecule has 2 unspecified atom stereocenters. The SMILES string of the molecule is CN1C(C(=O)O)CC(c2ncc(Br)s2)NS1(=O)=O. The molecule has 1 fully saturated rings. The minimum Gasteiger partial charge on any atom is -0.480 e. The van der Waals surface area contributed by atoms with E-state index in [0.717, 1.165) is 8.09 Å². The van der Waals surface area contributed by atoms with Crippen molar-refractivity contribution in [1.29, 1.82) is 0 Å². The summed E-state index contributed by atoms with van der Waals surface area (Å²) in [6.07, 6.45) is 1.70. The van der Waals surface area contributed by atoms with Gasteiger partial charge in [0.05, 0.1) is 16.0 Å². The second-order valence-corrected chi connectivity index (χ2v) is 7.99. The molecule has 100 valence electrons. The van der Waals surface area contributed by atoms with E-state index in [4.69, 9.17) is 5.11 Å². The highest BCUT2D eigenvalue weighted by molar-refractivity contribution is 9.11. The molecule has 1 aromatic rings. The van der Waals surface area contributed by atoms with Gasteiger partial charge >= 0.3 is 5.97 Å². The van der Waals surface area contributed by atoms with Crippen molar-refractivity contribution in [3.8, 4) is 0 Å². The molecule has 10 heteroatoms. The Labute approximate surface area is 116 Å². The molecular formula is C8H10BrN3O4S2. The predicted molar refractivity (Wildman–Crippen MR) is 68.4 cm³/mol. The maximum atomic E-state index is 11.8. The lowest BCUT2D eigenvalue weighted by atomic mass is 10.1. The lowest BCUT2D eigenvalue weighted by molar-refractivity contribution is -0.141. The maximum absolute atomic E-state index is 11.8. The highest BCUT2D eigenvalue weighted by Gasteiger charge is 2.41. The van der Waals surface area contributed by atoms with Crippen LogP contribution in [0.15, 0.2) is 9.98 Å². The fourth-order valence-corrected chi connectivity index (χ4v) is 4.31. The Hall–Kier alpha value is -0.550. The standard InChI is InChI=1S/C8H10BrN3O4S2/c1-12-5(8(13)14)2-4(11-18(12,15)16)7-10-3-6(9)17-7/h3-5,11H,2H2,1H3,(H,13,14). The Bertz CT molecular complexity index is 573. The van der Waals surface area contributed by atoms with E-state index in [1.165, 1.54) is 18.4 Å². The number of nitrogens with one attached hydrogen (secondary N) is 1. The summed E-state index contributed by atoms with van der Waals surface area (Å²) in [6.45, 7) is 0. The Kier molecular flexibility index (Phi) is 3.74. The van der Waals surface area contributed by atoms with E-state index in [1.807, 2.05) is 0 Å².